The molecule has 1 aromatic carbocycles. The molecule has 60 valence electrons. The summed E-state index contributed by atoms with van der Waals surface area (Å²) in [5, 5.41) is 0. The lowest BCUT2D eigenvalue weighted by Gasteiger charge is -1.82. The van der Waals surface area contributed by atoms with Gasteiger partial charge in [-0.05, 0) is 6.92 Å². The molecule has 0 heterocycles. The van der Waals surface area contributed by atoms with Crippen LogP contribution in [0, 0.1) is 6.92 Å². The zero-order chi connectivity index (χ0) is 8.53. The second kappa shape index (κ2) is 6.93. The number of hydrogen-bond acceptors (Lipinski definition) is 0. The molecule has 0 saturated heterocycles. The maximum absolute atomic E-state index is 10.2. The normalized spacial score (nSPS) is 9.00. The number of hydrogen-bond donors (Lipinski definition) is 0. The fourth-order valence-corrected chi connectivity index (χ4v) is 0.534. The van der Waals surface area contributed by atoms with Gasteiger partial charge in [0.05, 0.1) is 0 Å². The number of rotatable bonds is 0. The van der Waals surface area contributed by atoms with E-state index in [1.54, 1.807) is 0 Å². The van der Waals surface area contributed by atoms with Gasteiger partial charge in [-0.3, -0.25) is 0 Å². The topological polar surface area (TPSA) is 0 Å². The number of aryl methyl sites for hydroxylation is 1. The van der Waals surface area contributed by atoms with E-state index in [1.165, 1.54) is 5.56 Å². The van der Waals surface area contributed by atoms with Crippen molar-refractivity contribution in [2.75, 3.05) is 0 Å². The SMILES string of the molecule is Cc1ccccc1.FC=CF. The molecule has 0 aliphatic rings. The molecule has 0 amide bonds. The van der Waals surface area contributed by atoms with Crippen LogP contribution in [0.1, 0.15) is 5.56 Å². The number of benzene rings is 1. The van der Waals surface area contributed by atoms with Gasteiger partial charge in [0.1, 0.15) is 12.7 Å². The first kappa shape index (κ1) is 9.82. The molecule has 0 nitrogen and oxygen atoms in total. The Morgan fingerprint density at radius 2 is 1.45 bits per heavy atom. The Morgan fingerprint density at radius 3 is 1.64 bits per heavy atom. The summed E-state index contributed by atoms with van der Waals surface area (Å²) in [4.78, 5) is 0. The van der Waals surface area contributed by atoms with Crippen molar-refractivity contribution in [3.63, 3.8) is 0 Å². The second-order valence-corrected chi connectivity index (χ2v) is 1.91. The Bertz CT molecular complexity index is 188. The van der Waals surface area contributed by atoms with Gasteiger partial charge in [0, 0.05) is 0 Å². The van der Waals surface area contributed by atoms with Crippen LogP contribution in [0.15, 0.2) is 43.0 Å². The van der Waals surface area contributed by atoms with E-state index in [0.29, 0.717) is 0 Å². The molecule has 0 unspecified atom stereocenters. The predicted octanol–water partition coefficient (Wildman–Crippen LogP) is 3.39. The van der Waals surface area contributed by atoms with Crippen LogP contribution in [0.4, 0.5) is 8.78 Å². The molecular weight excluding hydrogens is 146 g/mol. The highest BCUT2D eigenvalue weighted by Crippen LogP contribution is 1.92. The van der Waals surface area contributed by atoms with Crippen LogP contribution in [0.25, 0.3) is 0 Å². The van der Waals surface area contributed by atoms with Crippen LogP contribution in [-0.4, -0.2) is 0 Å². The fraction of sp³-hybridized carbons (Fsp3) is 0.111. The molecule has 1 aromatic rings. The summed E-state index contributed by atoms with van der Waals surface area (Å²) in [5.74, 6) is 0. The van der Waals surface area contributed by atoms with E-state index >= 15 is 0 Å². The Morgan fingerprint density at radius 1 is 1.00 bits per heavy atom. The Balaban J connectivity index is 0.000000218. The van der Waals surface area contributed by atoms with Crippen molar-refractivity contribution in [3.8, 4) is 0 Å². The van der Waals surface area contributed by atoms with Crippen LogP contribution in [0.5, 0.6) is 0 Å². The quantitative estimate of drug-likeness (QED) is 0.540. The minimum Gasteiger partial charge on any atom is -0.213 e. The van der Waals surface area contributed by atoms with Gasteiger partial charge in [0.2, 0.25) is 0 Å². The molecule has 2 heteroatoms. The van der Waals surface area contributed by atoms with Gasteiger partial charge in [-0.1, -0.05) is 35.9 Å². The second-order valence-electron chi connectivity index (χ2n) is 1.91. The smallest absolute Gasteiger partial charge is 0.115 e. The first-order valence-electron chi connectivity index (χ1n) is 3.18. The van der Waals surface area contributed by atoms with Crippen molar-refractivity contribution in [2.24, 2.45) is 0 Å². The maximum Gasteiger partial charge on any atom is 0.115 e. The first-order valence-corrected chi connectivity index (χ1v) is 3.18. The third-order valence-electron chi connectivity index (χ3n) is 0.988. The molecule has 0 bridgehead atoms. The molecule has 0 fully saturated rings. The van der Waals surface area contributed by atoms with Crippen molar-refractivity contribution in [3.05, 3.63) is 48.6 Å². The lowest BCUT2D eigenvalue weighted by Crippen LogP contribution is -1.62. The average molecular weight is 156 g/mol. The Labute approximate surface area is 65.2 Å². The zero-order valence-corrected chi connectivity index (χ0v) is 6.30. The maximum atomic E-state index is 10.2. The molecule has 1 rings (SSSR count). The van der Waals surface area contributed by atoms with Gasteiger partial charge in [0.25, 0.3) is 0 Å². The molecular formula is C9H10F2. The van der Waals surface area contributed by atoms with Gasteiger partial charge in [-0.2, -0.15) is 0 Å². The van der Waals surface area contributed by atoms with E-state index in [-0.39, 0.29) is 12.7 Å². The van der Waals surface area contributed by atoms with Crippen molar-refractivity contribution >= 4 is 0 Å². The highest BCUT2D eigenvalue weighted by Gasteiger charge is 1.72. The van der Waals surface area contributed by atoms with Gasteiger partial charge in [0.15, 0.2) is 0 Å². The minimum absolute atomic E-state index is 0.167. The summed E-state index contributed by atoms with van der Waals surface area (Å²) in [7, 11) is 0. The van der Waals surface area contributed by atoms with E-state index in [1.807, 2.05) is 18.2 Å². The predicted molar refractivity (Wildman–Crippen MR) is 42.5 cm³/mol. The highest BCUT2D eigenvalue weighted by molar-refractivity contribution is 5.11. The van der Waals surface area contributed by atoms with E-state index < -0.39 is 0 Å². The summed E-state index contributed by atoms with van der Waals surface area (Å²) in [6.07, 6.45) is -0.333. The molecule has 0 saturated carbocycles. The molecule has 0 N–H and O–H groups in total. The van der Waals surface area contributed by atoms with Crippen LogP contribution in [0.2, 0.25) is 0 Å². The van der Waals surface area contributed by atoms with Crippen LogP contribution < -0.4 is 0 Å². The average Bonchev–Trinajstić information content (AvgIpc) is 2.07. The summed E-state index contributed by atoms with van der Waals surface area (Å²) in [6, 6.07) is 10.3. The molecule has 0 atom stereocenters. The summed E-state index contributed by atoms with van der Waals surface area (Å²) in [5.41, 5.74) is 1.32. The zero-order valence-electron chi connectivity index (χ0n) is 6.30. The van der Waals surface area contributed by atoms with E-state index in [9.17, 15) is 8.78 Å². The third-order valence-corrected chi connectivity index (χ3v) is 0.988. The lowest BCUT2D eigenvalue weighted by molar-refractivity contribution is 0.645. The molecule has 0 aromatic heterocycles. The standard InChI is InChI=1S/C7H8.C2H2F2/c1-7-5-3-2-4-6-7;3-1-2-4/h2-6H,1H3;1-2H. The van der Waals surface area contributed by atoms with E-state index in [0.717, 1.165) is 0 Å². The van der Waals surface area contributed by atoms with Crippen molar-refractivity contribution < 1.29 is 8.78 Å². The monoisotopic (exact) mass is 156 g/mol. The van der Waals surface area contributed by atoms with Crippen molar-refractivity contribution in [1.82, 2.24) is 0 Å². The van der Waals surface area contributed by atoms with Crippen LogP contribution in [-0.2, 0) is 0 Å². The summed E-state index contributed by atoms with van der Waals surface area (Å²) >= 11 is 0. The van der Waals surface area contributed by atoms with E-state index in [4.69, 9.17) is 0 Å². The molecule has 0 aliphatic carbocycles. The van der Waals surface area contributed by atoms with Crippen molar-refractivity contribution in [2.45, 2.75) is 6.92 Å². The fourth-order valence-electron chi connectivity index (χ4n) is 0.534. The van der Waals surface area contributed by atoms with Gasteiger partial charge in [-0.15, -0.1) is 0 Å². The number of halogens is 2. The largest absolute Gasteiger partial charge is 0.213 e. The first-order chi connectivity index (χ1) is 5.31. The van der Waals surface area contributed by atoms with Crippen molar-refractivity contribution in [1.29, 1.82) is 0 Å². The van der Waals surface area contributed by atoms with Gasteiger partial charge < -0.3 is 0 Å². The van der Waals surface area contributed by atoms with Crippen LogP contribution in [0.3, 0.4) is 0 Å². The highest BCUT2D eigenvalue weighted by atomic mass is 19.2. The molecule has 0 radical (unpaired) electrons. The van der Waals surface area contributed by atoms with E-state index in [2.05, 4.69) is 19.1 Å². The lowest BCUT2D eigenvalue weighted by atomic mass is 10.2. The van der Waals surface area contributed by atoms with Crippen LogP contribution >= 0.6 is 0 Å². The third kappa shape index (κ3) is 6.71. The molecule has 0 spiro atoms. The van der Waals surface area contributed by atoms with Gasteiger partial charge in [-0.25, -0.2) is 8.78 Å². The Kier molecular flexibility index (Phi) is 6.19. The summed E-state index contributed by atoms with van der Waals surface area (Å²) < 4.78 is 20.3. The summed E-state index contributed by atoms with van der Waals surface area (Å²) in [6.45, 7) is 2.08. The minimum atomic E-state index is -0.167. The molecule has 11 heavy (non-hydrogen) atoms. The molecule has 0 aliphatic heterocycles. The van der Waals surface area contributed by atoms with Gasteiger partial charge >= 0.3 is 0 Å². The Hall–Kier alpha value is -1.18.